The molecular weight excluding hydrogens is 432 g/mol. The first-order chi connectivity index (χ1) is 16.4. The molecule has 0 radical (unpaired) electrons. The molecule has 1 aliphatic heterocycles. The average molecular weight is 465 g/mol. The van der Waals surface area contributed by atoms with Gasteiger partial charge in [0.15, 0.2) is 11.5 Å². The number of rotatable bonds is 12. The highest BCUT2D eigenvalue weighted by Gasteiger charge is 2.38. The van der Waals surface area contributed by atoms with Crippen molar-refractivity contribution in [3.05, 3.63) is 66.4 Å². The van der Waals surface area contributed by atoms with Gasteiger partial charge in [0, 0.05) is 18.3 Å². The van der Waals surface area contributed by atoms with Crippen LogP contribution in [-0.2, 0) is 9.59 Å². The Balaban J connectivity index is 1.98. The number of carbonyl (C=O) groups is 2. The SMILES string of the molecule is C=CCN1C(=O)C(Nc2ccc(OCC)c(OCC)c2)=C(c2ccc(OCC(C)C)cc2)C1=O. The van der Waals surface area contributed by atoms with E-state index < -0.39 is 5.91 Å². The van der Waals surface area contributed by atoms with Crippen molar-refractivity contribution in [2.24, 2.45) is 5.92 Å². The van der Waals surface area contributed by atoms with Gasteiger partial charge in [0.05, 0.1) is 25.4 Å². The van der Waals surface area contributed by atoms with Gasteiger partial charge in [-0.25, -0.2) is 0 Å². The largest absolute Gasteiger partial charge is 0.493 e. The molecule has 0 atom stereocenters. The molecule has 2 amide bonds. The molecule has 3 rings (SSSR count). The van der Waals surface area contributed by atoms with Crippen LogP contribution in [0.15, 0.2) is 60.8 Å². The molecule has 0 fully saturated rings. The zero-order valence-electron chi connectivity index (χ0n) is 20.2. The molecule has 34 heavy (non-hydrogen) atoms. The second-order valence-corrected chi connectivity index (χ2v) is 8.14. The van der Waals surface area contributed by atoms with E-state index in [9.17, 15) is 9.59 Å². The van der Waals surface area contributed by atoms with Gasteiger partial charge >= 0.3 is 0 Å². The van der Waals surface area contributed by atoms with Gasteiger partial charge in [-0.15, -0.1) is 6.58 Å². The highest BCUT2D eigenvalue weighted by atomic mass is 16.5. The number of imide groups is 1. The molecule has 0 aromatic heterocycles. The monoisotopic (exact) mass is 464 g/mol. The highest BCUT2D eigenvalue weighted by molar-refractivity contribution is 6.36. The lowest BCUT2D eigenvalue weighted by Crippen LogP contribution is -2.32. The Hall–Kier alpha value is -3.74. The van der Waals surface area contributed by atoms with Crippen molar-refractivity contribution in [2.75, 3.05) is 31.7 Å². The summed E-state index contributed by atoms with van der Waals surface area (Å²) in [5.41, 5.74) is 1.74. The molecule has 7 heteroatoms. The molecule has 1 N–H and O–H groups in total. The van der Waals surface area contributed by atoms with Crippen molar-refractivity contribution in [1.29, 1.82) is 0 Å². The molecule has 180 valence electrons. The third-order valence-electron chi connectivity index (χ3n) is 5.02. The van der Waals surface area contributed by atoms with Gasteiger partial charge in [-0.1, -0.05) is 32.1 Å². The quantitative estimate of drug-likeness (QED) is 0.356. The summed E-state index contributed by atoms with van der Waals surface area (Å²) in [6.45, 7) is 13.3. The first-order valence-electron chi connectivity index (χ1n) is 11.5. The van der Waals surface area contributed by atoms with Crippen molar-refractivity contribution >= 4 is 23.1 Å². The van der Waals surface area contributed by atoms with Crippen LogP contribution in [0.4, 0.5) is 5.69 Å². The topological polar surface area (TPSA) is 77.1 Å². The summed E-state index contributed by atoms with van der Waals surface area (Å²) < 4.78 is 17.1. The normalized spacial score (nSPS) is 13.5. The number of anilines is 1. The Kier molecular flexibility index (Phi) is 8.35. The Bertz CT molecular complexity index is 1070. The van der Waals surface area contributed by atoms with Gasteiger partial charge in [0.25, 0.3) is 11.8 Å². The van der Waals surface area contributed by atoms with Crippen molar-refractivity contribution < 1.29 is 23.8 Å². The maximum atomic E-state index is 13.2. The van der Waals surface area contributed by atoms with E-state index in [4.69, 9.17) is 14.2 Å². The van der Waals surface area contributed by atoms with Crippen LogP contribution in [0.25, 0.3) is 5.57 Å². The van der Waals surface area contributed by atoms with E-state index in [0.717, 1.165) is 0 Å². The lowest BCUT2D eigenvalue weighted by molar-refractivity contribution is -0.136. The Morgan fingerprint density at radius 1 is 0.941 bits per heavy atom. The number of ether oxygens (including phenoxy) is 3. The fourth-order valence-corrected chi connectivity index (χ4v) is 3.51. The minimum absolute atomic E-state index is 0.120. The maximum Gasteiger partial charge on any atom is 0.278 e. The molecule has 0 bridgehead atoms. The standard InChI is InChI=1S/C27H32N2O5/c1-6-15-29-26(30)24(19-9-12-21(13-10-19)34-17-18(4)5)25(27(29)31)28-20-11-14-22(32-7-2)23(16-20)33-8-3/h6,9-14,16,18,28H,1,7-8,15,17H2,2-5H3. The van der Waals surface area contributed by atoms with Gasteiger partial charge in [-0.05, 0) is 49.6 Å². The second-order valence-electron chi connectivity index (χ2n) is 8.14. The smallest absolute Gasteiger partial charge is 0.278 e. The van der Waals surface area contributed by atoms with Crippen LogP contribution in [0, 0.1) is 5.92 Å². The van der Waals surface area contributed by atoms with Gasteiger partial charge in [0.2, 0.25) is 0 Å². The van der Waals surface area contributed by atoms with E-state index in [1.54, 1.807) is 42.5 Å². The van der Waals surface area contributed by atoms with Crippen molar-refractivity contribution in [2.45, 2.75) is 27.7 Å². The summed E-state index contributed by atoms with van der Waals surface area (Å²) in [5, 5.41) is 3.15. The van der Waals surface area contributed by atoms with E-state index in [0.29, 0.717) is 59.8 Å². The summed E-state index contributed by atoms with van der Waals surface area (Å²) in [5.74, 6) is 1.49. The molecule has 2 aromatic carbocycles. The predicted molar refractivity (Wildman–Crippen MR) is 133 cm³/mol. The summed E-state index contributed by atoms with van der Waals surface area (Å²) in [4.78, 5) is 27.5. The lowest BCUT2D eigenvalue weighted by atomic mass is 10.0. The molecule has 0 saturated carbocycles. The summed E-state index contributed by atoms with van der Waals surface area (Å²) in [6, 6.07) is 12.5. The Labute approximate surface area is 201 Å². The van der Waals surface area contributed by atoms with Crippen LogP contribution < -0.4 is 19.5 Å². The zero-order chi connectivity index (χ0) is 24.7. The molecule has 0 unspecified atom stereocenters. The zero-order valence-corrected chi connectivity index (χ0v) is 20.2. The molecule has 0 aliphatic carbocycles. The van der Waals surface area contributed by atoms with Crippen molar-refractivity contribution in [3.8, 4) is 17.2 Å². The third kappa shape index (κ3) is 5.60. The van der Waals surface area contributed by atoms with Gasteiger partial charge in [-0.2, -0.15) is 0 Å². The molecule has 0 saturated heterocycles. The van der Waals surface area contributed by atoms with E-state index in [1.165, 1.54) is 11.0 Å². The van der Waals surface area contributed by atoms with Gasteiger partial charge in [0.1, 0.15) is 11.4 Å². The van der Waals surface area contributed by atoms with Gasteiger partial charge < -0.3 is 19.5 Å². The number of nitrogens with one attached hydrogen (secondary N) is 1. The van der Waals surface area contributed by atoms with E-state index in [-0.39, 0.29) is 18.1 Å². The fourth-order valence-electron chi connectivity index (χ4n) is 3.51. The molecular formula is C27H32N2O5. The van der Waals surface area contributed by atoms with Crippen LogP contribution in [0.3, 0.4) is 0 Å². The third-order valence-corrected chi connectivity index (χ3v) is 5.02. The molecule has 1 heterocycles. The number of hydrogen-bond donors (Lipinski definition) is 1. The number of hydrogen-bond acceptors (Lipinski definition) is 6. The molecule has 2 aromatic rings. The number of benzene rings is 2. The molecule has 7 nitrogen and oxygen atoms in total. The van der Waals surface area contributed by atoms with E-state index in [2.05, 4.69) is 25.7 Å². The predicted octanol–water partition coefficient (Wildman–Crippen LogP) is 4.90. The first-order valence-corrected chi connectivity index (χ1v) is 11.5. The van der Waals surface area contributed by atoms with Crippen LogP contribution in [0.5, 0.6) is 17.2 Å². The number of nitrogens with zero attached hydrogens (tertiary/aromatic N) is 1. The summed E-state index contributed by atoms with van der Waals surface area (Å²) in [6.07, 6.45) is 1.53. The number of amides is 2. The lowest BCUT2D eigenvalue weighted by Gasteiger charge is -2.15. The van der Waals surface area contributed by atoms with Crippen molar-refractivity contribution in [1.82, 2.24) is 4.90 Å². The fraction of sp³-hybridized carbons (Fsp3) is 0.333. The van der Waals surface area contributed by atoms with Crippen LogP contribution in [0.2, 0.25) is 0 Å². The summed E-state index contributed by atoms with van der Waals surface area (Å²) >= 11 is 0. The minimum atomic E-state index is -0.410. The Morgan fingerprint density at radius 2 is 1.62 bits per heavy atom. The minimum Gasteiger partial charge on any atom is -0.493 e. The van der Waals surface area contributed by atoms with Crippen LogP contribution in [-0.4, -0.2) is 43.1 Å². The van der Waals surface area contributed by atoms with E-state index in [1.807, 2.05) is 13.8 Å². The Morgan fingerprint density at radius 3 is 2.24 bits per heavy atom. The second kappa shape index (κ2) is 11.4. The summed E-state index contributed by atoms with van der Waals surface area (Å²) in [7, 11) is 0. The average Bonchev–Trinajstić information content (AvgIpc) is 3.04. The maximum absolute atomic E-state index is 13.2. The van der Waals surface area contributed by atoms with E-state index >= 15 is 0 Å². The number of carbonyl (C=O) groups excluding carboxylic acids is 2. The van der Waals surface area contributed by atoms with Crippen molar-refractivity contribution in [3.63, 3.8) is 0 Å². The van der Waals surface area contributed by atoms with Crippen LogP contribution in [0.1, 0.15) is 33.3 Å². The molecule has 1 aliphatic rings. The molecule has 0 spiro atoms. The van der Waals surface area contributed by atoms with Crippen LogP contribution >= 0.6 is 0 Å². The highest BCUT2D eigenvalue weighted by Crippen LogP contribution is 2.35. The van der Waals surface area contributed by atoms with Gasteiger partial charge in [-0.3, -0.25) is 14.5 Å². The first kappa shape index (κ1) is 24.9.